The average molecular weight is 321 g/mol. The molecule has 3 heterocycles. The van der Waals surface area contributed by atoms with Crippen LogP contribution in [-0.2, 0) is 4.79 Å². The van der Waals surface area contributed by atoms with Gasteiger partial charge in [0.2, 0.25) is 0 Å². The fraction of sp³-hybridized carbons (Fsp3) is 0.278. The van der Waals surface area contributed by atoms with Gasteiger partial charge in [0.1, 0.15) is 6.04 Å². The third kappa shape index (κ3) is 1.57. The standard InChI is InChI=1S/C18H15N3O3/c22-15-9-6-11-10-13-7-8-14(16(11)15)21-18(24)19(17(23)20(13)21)12-4-2-1-3-5-12/h1-5,7-8,13-14H,6,9-10H2. The molecule has 2 aromatic rings. The van der Waals surface area contributed by atoms with Gasteiger partial charge in [-0.05, 0) is 25.0 Å². The molecule has 1 aromatic carbocycles. The van der Waals surface area contributed by atoms with Gasteiger partial charge in [-0.1, -0.05) is 35.9 Å². The smallest absolute Gasteiger partial charge is 0.294 e. The van der Waals surface area contributed by atoms with Crippen molar-refractivity contribution in [1.82, 2.24) is 13.9 Å². The zero-order chi connectivity index (χ0) is 16.4. The Morgan fingerprint density at radius 3 is 2.42 bits per heavy atom. The van der Waals surface area contributed by atoms with E-state index in [1.165, 1.54) is 13.9 Å². The molecule has 2 unspecified atom stereocenters. The molecule has 2 bridgehead atoms. The Hall–Kier alpha value is -2.89. The SMILES string of the molecule is O=C1CCC2=C1C1C=CC(C2)n2c(=O)n(-c3ccccc3)c(=O)n21. The van der Waals surface area contributed by atoms with Crippen molar-refractivity contribution in [1.29, 1.82) is 0 Å². The van der Waals surface area contributed by atoms with Gasteiger partial charge in [-0.25, -0.2) is 23.5 Å². The number of aromatic nitrogens is 3. The molecule has 6 nitrogen and oxygen atoms in total. The van der Waals surface area contributed by atoms with Gasteiger partial charge in [-0.3, -0.25) is 4.79 Å². The van der Waals surface area contributed by atoms with E-state index in [2.05, 4.69) is 0 Å². The van der Waals surface area contributed by atoms with E-state index >= 15 is 0 Å². The Labute approximate surface area is 136 Å². The van der Waals surface area contributed by atoms with E-state index in [4.69, 9.17) is 0 Å². The van der Waals surface area contributed by atoms with Crippen LogP contribution in [0.3, 0.4) is 0 Å². The van der Waals surface area contributed by atoms with E-state index in [0.717, 1.165) is 12.0 Å². The van der Waals surface area contributed by atoms with E-state index in [9.17, 15) is 14.4 Å². The normalized spacial score (nSPS) is 24.2. The third-order valence-corrected chi connectivity index (χ3v) is 5.20. The first kappa shape index (κ1) is 13.5. The minimum absolute atomic E-state index is 0.0977. The van der Waals surface area contributed by atoms with E-state index in [1.54, 1.807) is 24.3 Å². The molecule has 0 N–H and O–H groups in total. The largest absolute Gasteiger partial charge is 0.352 e. The molecule has 24 heavy (non-hydrogen) atoms. The lowest BCUT2D eigenvalue weighted by atomic mass is 10.0. The maximum atomic E-state index is 13.0. The van der Waals surface area contributed by atoms with Crippen molar-refractivity contribution in [3.63, 3.8) is 0 Å². The molecule has 4 aliphatic rings. The second-order valence-corrected chi connectivity index (χ2v) is 6.47. The van der Waals surface area contributed by atoms with E-state index in [0.29, 0.717) is 24.1 Å². The Balaban J connectivity index is 1.81. The Morgan fingerprint density at radius 1 is 0.875 bits per heavy atom. The van der Waals surface area contributed by atoms with Crippen LogP contribution < -0.4 is 11.4 Å². The minimum atomic E-state index is -0.459. The van der Waals surface area contributed by atoms with Crippen LogP contribution in [0.15, 0.2) is 63.2 Å². The predicted molar refractivity (Wildman–Crippen MR) is 87.4 cm³/mol. The van der Waals surface area contributed by atoms with Crippen LogP contribution in [0.2, 0.25) is 0 Å². The average Bonchev–Trinajstić information content (AvgIpc) is 2.96. The summed E-state index contributed by atoms with van der Waals surface area (Å²) in [7, 11) is 0. The van der Waals surface area contributed by atoms with Crippen molar-refractivity contribution >= 4 is 5.78 Å². The highest BCUT2D eigenvalue weighted by molar-refractivity contribution is 6.00. The van der Waals surface area contributed by atoms with E-state index in [-0.39, 0.29) is 23.2 Å². The number of carbonyl (C=O) groups excluding carboxylic acids is 1. The van der Waals surface area contributed by atoms with Gasteiger partial charge in [0.25, 0.3) is 0 Å². The van der Waals surface area contributed by atoms with Crippen LogP contribution in [-0.4, -0.2) is 19.7 Å². The Morgan fingerprint density at radius 2 is 1.62 bits per heavy atom. The number of carbonyl (C=O) groups is 1. The molecule has 0 saturated carbocycles. The molecule has 0 saturated heterocycles. The second-order valence-electron chi connectivity index (χ2n) is 6.47. The molecule has 1 aromatic heterocycles. The summed E-state index contributed by atoms with van der Waals surface area (Å²) in [6, 6.07) is 8.25. The quantitative estimate of drug-likeness (QED) is 0.748. The summed E-state index contributed by atoms with van der Waals surface area (Å²) in [5.74, 6) is 0.0977. The second kappa shape index (κ2) is 4.56. The maximum absolute atomic E-state index is 13.0. The summed E-state index contributed by atoms with van der Waals surface area (Å²) < 4.78 is 4.18. The summed E-state index contributed by atoms with van der Waals surface area (Å²) in [6.45, 7) is 0. The summed E-state index contributed by atoms with van der Waals surface area (Å²) in [4.78, 5) is 38.3. The molecular weight excluding hydrogens is 306 g/mol. The number of hydrogen-bond acceptors (Lipinski definition) is 3. The van der Waals surface area contributed by atoms with Gasteiger partial charge in [-0.15, -0.1) is 0 Å². The highest BCUT2D eigenvalue weighted by atomic mass is 16.2. The Kier molecular flexibility index (Phi) is 2.58. The van der Waals surface area contributed by atoms with Crippen molar-refractivity contribution in [2.75, 3.05) is 0 Å². The van der Waals surface area contributed by atoms with Gasteiger partial charge >= 0.3 is 11.4 Å². The molecule has 0 radical (unpaired) electrons. The number of allylic oxidation sites excluding steroid dienone is 4. The fourth-order valence-corrected chi connectivity index (χ4v) is 4.16. The number of benzene rings is 1. The van der Waals surface area contributed by atoms with Gasteiger partial charge in [-0.2, -0.15) is 0 Å². The number of rotatable bonds is 1. The van der Waals surface area contributed by atoms with Crippen molar-refractivity contribution in [2.24, 2.45) is 0 Å². The molecular formula is C18H15N3O3. The lowest BCUT2D eigenvalue weighted by Gasteiger charge is -2.23. The maximum Gasteiger partial charge on any atom is 0.352 e. The molecule has 6 heteroatoms. The molecule has 2 aliphatic heterocycles. The van der Waals surface area contributed by atoms with Crippen molar-refractivity contribution in [3.8, 4) is 5.69 Å². The first-order valence-electron chi connectivity index (χ1n) is 8.12. The summed E-state index contributed by atoms with van der Waals surface area (Å²) in [6.07, 6.45) is 5.74. The molecule has 2 aliphatic carbocycles. The van der Waals surface area contributed by atoms with Crippen LogP contribution in [0.1, 0.15) is 31.3 Å². The van der Waals surface area contributed by atoms with E-state index in [1.807, 2.05) is 18.2 Å². The lowest BCUT2D eigenvalue weighted by Crippen LogP contribution is -2.35. The molecule has 0 amide bonds. The number of nitrogens with zero attached hydrogens (tertiary/aromatic N) is 3. The number of Topliss-reactive ketones (excluding diaryl/α,β-unsaturated/α-hetero) is 1. The Bertz CT molecular complexity index is 1050. The lowest BCUT2D eigenvalue weighted by molar-refractivity contribution is -0.115. The summed E-state index contributed by atoms with van der Waals surface area (Å²) in [5, 5.41) is 0. The summed E-state index contributed by atoms with van der Waals surface area (Å²) in [5.41, 5.74) is 1.62. The molecule has 6 rings (SSSR count). The van der Waals surface area contributed by atoms with Crippen molar-refractivity contribution in [2.45, 2.75) is 31.3 Å². The summed E-state index contributed by atoms with van der Waals surface area (Å²) >= 11 is 0. The first-order valence-corrected chi connectivity index (χ1v) is 8.12. The highest BCUT2D eigenvalue weighted by Crippen LogP contribution is 2.42. The molecule has 120 valence electrons. The van der Waals surface area contributed by atoms with Crippen LogP contribution >= 0.6 is 0 Å². The predicted octanol–water partition coefficient (Wildman–Crippen LogP) is 1.52. The van der Waals surface area contributed by atoms with Crippen LogP contribution in [0.5, 0.6) is 0 Å². The van der Waals surface area contributed by atoms with Gasteiger partial charge in [0.05, 0.1) is 11.7 Å². The first-order chi connectivity index (χ1) is 11.7. The van der Waals surface area contributed by atoms with Gasteiger partial charge < -0.3 is 0 Å². The fourth-order valence-electron chi connectivity index (χ4n) is 4.16. The monoisotopic (exact) mass is 321 g/mol. The minimum Gasteiger partial charge on any atom is -0.294 e. The zero-order valence-electron chi connectivity index (χ0n) is 12.9. The number of para-hydroxylation sites is 1. The molecule has 0 spiro atoms. The van der Waals surface area contributed by atoms with Crippen LogP contribution in [0, 0.1) is 0 Å². The highest BCUT2D eigenvalue weighted by Gasteiger charge is 2.40. The van der Waals surface area contributed by atoms with Gasteiger partial charge in [0.15, 0.2) is 5.78 Å². The van der Waals surface area contributed by atoms with Gasteiger partial charge in [0, 0.05) is 12.0 Å². The molecule has 2 atom stereocenters. The van der Waals surface area contributed by atoms with Crippen LogP contribution in [0.4, 0.5) is 0 Å². The van der Waals surface area contributed by atoms with E-state index < -0.39 is 6.04 Å². The van der Waals surface area contributed by atoms with Crippen molar-refractivity contribution in [3.05, 3.63) is 74.6 Å². The number of ketones is 1. The zero-order valence-corrected chi connectivity index (χ0v) is 12.9. The van der Waals surface area contributed by atoms with Crippen LogP contribution in [0.25, 0.3) is 5.69 Å². The number of hydrogen-bond donors (Lipinski definition) is 0. The third-order valence-electron chi connectivity index (χ3n) is 5.20. The van der Waals surface area contributed by atoms with Crippen molar-refractivity contribution < 1.29 is 4.79 Å². The molecule has 0 fully saturated rings. The topological polar surface area (TPSA) is 66.0 Å².